The molecule has 1 nitrogen and oxygen atoms in total. The molecule has 2 rings (SSSR count). The van der Waals surface area contributed by atoms with Gasteiger partial charge in [-0.15, -0.1) is 0 Å². The van der Waals surface area contributed by atoms with Crippen LogP contribution in [0.1, 0.15) is 22.6 Å². The second kappa shape index (κ2) is 6.23. The smallest absolute Gasteiger partial charge is 0.229 e. The Hall–Kier alpha value is -1.31. The zero-order valence-corrected chi connectivity index (χ0v) is 12.1. The van der Waals surface area contributed by atoms with Crippen LogP contribution in [0, 0.1) is 6.92 Å². The molecule has 0 saturated carbocycles. The number of halogens is 2. The van der Waals surface area contributed by atoms with Crippen LogP contribution in [-0.4, -0.2) is 5.24 Å². The lowest BCUT2D eigenvalue weighted by Crippen LogP contribution is -2.10. The summed E-state index contributed by atoms with van der Waals surface area (Å²) in [6, 6.07) is 15.4. The first kappa shape index (κ1) is 14.1. The first-order valence-electron chi connectivity index (χ1n) is 6.06. The van der Waals surface area contributed by atoms with E-state index in [2.05, 4.69) is 6.07 Å². The number of hydrogen-bond acceptors (Lipinski definition) is 1. The predicted octanol–water partition coefficient (Wildman–Crippen LogP) is 4.74. The number of hydrogen-bond donors (Lipinski definition) is 0. The minimum Gasteiger partial charge on any atom is -0.281 e. The molecule has 0 amide bonds. The van der Waals surface area contributed by atoms with Crippen molar-refractivity contribution in [3.05, 3.63) is 70.2 Å². The van der Waals surface area contributed by atoms with Crippen LogP contribution in [0.2, 0.25) is 5.02 Å². The lowest BCUT2D eigenvalue weighted by Gasteiger charge is -2.13. The highest BCUT2D eigenvalue weighted by Gasteiger charge is 2.19. The fourth-order valence-corrected chi connectivity index (χ4v) is 2.43. The van der Waals surface area contributed by atoms with Gasteiger partial charge in [0.2, 0.25) is 5.24 Å². The minimum absolute atomic E-state index is 0.333. The maximum absolute atomic E-state index is 11.7. The Morgan fingerprint density at radius 3 is 2.42 bits per heavy atom. The molecule has 0 bridgehead atoms. The zero-order valence-electron chi connectivity index (χ0n) is 10.6. The first-order valence-corrected chi connectivity index (χ1v) is 6.82. The van der Waals surface area contributed by atoms with Gasteiger partial charge in [-0.25, -0.2) is 0 Å². The number of rotatable bonds is 4. The minimum atomic E-state index is -0.344. The van der Waals surface area contributed by atoms with Crippen molar-refractivity contribution in [3.63, 3.8) is 0 Å². The molecule has 2 aromatic carbocycles. The maximum Gasteiger partial charge on any atom is 0.229 e. The van der Waals surface area contributed by atoms with Gasteiger partial charge in [0.05, 0.1) is 5.92 Å². The molecule has 0 radical (unpaired) electrons. The lowest BCUT2D eigenvalue weighted by atomic mass is 9.92. The Morgan fingerprint density at radius 1 is 1.16 bits per heavy atom. The van der Waals surface area contributed by atoms with Crippen LogP contribution in [0.5, 0.6) is 0 Å². The van der Waals surface area contributed by atoms with E-state index >= 15 is 0 Å². The molecule has 0 N–H and O–H groups in total. The third-order valence-electron chi connectivity index (χ3n) is 3.07. The predicted molar refractivity (Wildman–Crippen MR) is 79.9 cm³/mol. The molecule has 3 heteroatoms. The summed E-state index contributed by atoms with van der Waals surface area (Å²) in [5.74, 6) is -0.333. The van der Waals surface area contributed by atoms with Crippen LogP contribution in [0.15, 0.2) is 48.5 Å². The SMILES string of the molecule is Cc1cccc(CC(C(=O)Cl)c2ccc(Cl)cc2)c1. The maximum atomic E-state index is 11.7. The van der Waals surface area contributed by atoms with Gasteiger partial charge >= 0.3 is 0 Å². The van der Waals surface area contributed by atoms with E-state index < -0.39 is 0 Å². The van der Waals surface area contributed by atoms with Crippen LogP contribution in [0.3, 0.4) is 0 Å². The molecule has 0 saturated heterocycles. The summed E-state index contributed by atoms with van der Waals surface area (Å²) in [5, 5.41) is 0.309. The summed E-state index contributed by atoms with van der Waals surface area (Å²) >= 11 is 11.6. The van der Waals surface area contributed by atoms with E-state index in [1.807, 2.05) is 37.3 Å². The van der Waals surface area contributed by atoms with Gasteiger partial charge in [-0.05, 0) is 48.2 Å². The number of carbonyl (C=O) groups excluding carboxylic acids is 1. The van der Waals surface area contributed by atoms with Gasteiger partial charge in [-0.1, -0.05) is 53.6 Å². The van der Waals surface area contributed by atoms with Crippen molar-refractivity contribution < 1.29 is 4.79 Å². The quantitative estimate of drug-likeness (QED) is 0.744. The highest BCUT2D eigenvalue weighted by molar-refractivity contribution is 6.64. The van der Waals surface area contributed by atoms with Gasteiger partial charge in [0.15, 0.2) is 0 Å². The van der Waals surface area contributed by atoms with Crippen LogP contribution in [-0.2, 0) is 11.2 Å². The lowest BCUT2D eigenvalue weighted by molar-refractivity contribution is -0.113. The molecule has 0 aliphatic heterocycles. The molecule has 19 heavy (non-hydrogen) atoms. The van der Waals surface area contributed by atoms with Gasteiger partial charge in [-0.2, -0.15) is 0 Å². The van der Waals surface area contributed by atoms with Crippen molar-refractivity contribution in [2.75, 3.05) is 0 Å². The van der Waals surface area contributed by atoms with Gasteiger partial charge < -0.3 is 0 Å². The number of aryl methyl sites for hydroxylation is 1. The van der Waals surface area contributed by atoms with Crippen LogP contribution in [0.25, 0.3) is 0 Å². The molecule has 0 heterocycles. The third kappa shape index (κ3) is 3.82. The first-order chi connectivity index (χ1) is 9.06. The van der Waals surface area contributed by atoms with Crippen molar-refractivity contribution in [1.29, 1.82) is 0 Å². The van der Waals surface area contributed by atoms with E-state index in [1.54, 1.807) is 12.1 Å². The van der Waals surface area contributed by atoms with E-state index in [0.29, 0.717) is 11.4 Å². The molecule has 1 atom stereocenters. The van der Waals surface area contributed by atoms with E-state index in [4.69, 9.17) is 23.2 Å². The summed E-state index contributed by atoms with van der Waals surface area (Å²) in [4.78, 5) is 11.7. The fourth-order valence-electron chi connectivity index (χ4n) is 2.10. The van der Waals surface area contributed by atoms with Crippen molar-refractivity contribution in [1.82, 2.24) is 0 Å². The number of carbonyl (C=O) groups is 1. The Balaban J connectivity index is 2.26. The Kier molecular flexibility index (Phi) is 4.62. The topological polar surface area (TPSA) is 17.1 Å². The van der Waals surface area contributed by atoms with Crippen molar-refractivity contribution in [2.45, 2.75) is 19.3 Å². The summed E-state index contributed by atoms with van der Waals surface area (Å²) in [5.41, 5.74) is 3.18. The third-order valence-corrected chi connectivity index (χ3v) is 3.58. The highest BCUT2D eigenvalue weighted by atomic mass is 35.5. The highest BCUT2D eigenvalue weighted by Crippen LogP contribution is 2.25. The molecule has 0 aliphatic carbocycles. The standard InChI is InChI=1S/C16H14Cl2O/c1-11-3-2-4-12(9-11)10-15(16(18)19)13-5-7-14(17)8-6-13/h2-9,15H,10H2,1H3. The van der Waals surface area contributed by atoms with Crippen LogP contribution in [0.4, 0.5) is 0 Å². The second-order valence-electron chi connectivity index (χ2n) is 4.60. The normalized spacial score (nSPS) is 12.2. The average molecular weight is 293 g/mol. The van der Waals surface area contributed by atoms with E-state index in [0.717, 1.165) is 11.1 Å². The molecule has 0 spiro atoms. The largest absolute Gasteiger partial charge is 0.281 e. The summed E-state index contributed by atoms with van der Waals surface area (Å²) in [6.07, 6.45) is 0.603. The van der Waals surface area contributed by atoms with E-state index in [1.165, 1.54) is 5.56 Å². The average Bonchev–Trinajstić information content (AvgIpc) is 2.37. The van der Waals surface area contributed by atoms with Crippen molar-refractivity contribution >= 4 is 28.4 Å². The van der Waals surface area contributed by atoms with Gasteiger partial charge in [-0.3, -0.25) is 4.79 Å². The zero-order chi connectivity index (χ0) is 13.8. The van der Waals surface area contributed by atoms with Gasteiger partial charge in [0.25, 0.3) is 0 Å². The molecule has 1 unspecified atom stereocenters. The second-order valence-corrected chi connectivity index (χ2v) is 5.41. The van der Waals surface area contributed by atoms with Crippen molar-refractivity contribution in [3.8, 4) is 0 Å². The Morgan fingerprint density at radius 2 is 1.84 bits per heavy atom. The molecule has 0 fully saturated rings. The van der Waals surface area contributed by atoms with Crippen LogP contribution < -0.4 is 0 Å². The Bertz CT molecular complexity index is 576. The van der Waals surface area contributed by atoms with Crippen LogP contribution >= 0.6 is 23.2 Å². The molecule has 98 valence electrons. The van der Waals surface area contributed by atoms with E-state index in [-0.39, 0.29) is 11.2 Å². The van der Waals surface area contributed by atoms with Gasteiger partial charge in [0.1, 0.15) is 0 Å². The monoisotopic (exact) mass is 292 g/mol. The molecular formula is C16H14Cl2O. The molecular weight excluding hydrogens is 279 g/mol. The number of benzene rings is 2. The van der Waals surface area contributed by atoms with E-state index in [9.17, 15) is 4.79 Å². The summed E-state index contributed by atoms with van der Waals surface area (Å²) in [7, 11) is 0. The summed E-state index contributed by atoms with van der Waals surface area (Å²) in [6.45, 7) is 2.03. The van der Waals surface area contributed by atoms with Gasteiger partial charge in [0, 0.05) is 5.02 Å². The summed E-state index contributed by atoms with van der Waals surface area (Å²) < 4.78 is 0. The fraction of sp³-hybridized carbons (Fsp3) is 0.188. The molecule has 0 aliphatic rings. The molecule has 0 aromatic heterocycles. The molecule has 2 aromatic rings. The Labute approximate surface area is 123 Å². The van der Waals surface area contributed by atoms with Crippen molar-refractivity contribution in [2.24, 2.45) is 0 Å².